The van der Waals surface area contributed by atoms with Crippen molar-refractivity contribution in [2.75, 3.05) is 29.4 Å². The molecular formula is C24H30N4O3. The quantitative estimate of drug-likeness (QED) is 0.777. The van der Waals surface area contributed by atoms with E-state index in [2.05, 4.69) is 41.5 Å². The van der Waals surface area contributed by atoms with Crippen molar-refractivity contribution in [2.24, 2.45) is 5.41 Å². The number of carbonyl (C=O) groups is 2. The monoisotopic (exact) mass is 422 g/mol. The zero-order valence-electron chi connectivity index (χ0n) is 18.1. The van der Waals surface area contributed by atoms with Crippen molar-refractivity contribution < 1.29 is 14.3 Å². The van der Waals surface area contributed by atoms with Gasteiger partial charge in [-0.25, -0.2) is 4.79 Å². The number of rotatable bonds is 4. The Balaban J connectivity index is 1.37. The number of nitrogens with zero attached hydrogens (tertiary/aromatic N) is 2. The van der Waals surface area contributed by atoms with Gasteiger partial charge >= 0.3 is 6.03 Å². The summed E-state index contributed by atoms with van der Waals surface area (Å²) in [5.41, 5.74) is 2.99. The molecule has 3 heterocycles. The third kappa shape index (κ3) is 5.10. The number of anilines is 2. The molecule has 0 spiro atoms. The molecule has 2 saturated heterocycles. The highest BCUT2D eigenvalue weighted by Crippen LogP contribution is 2.33. The zero-order valence-corrected chi connectivity index (χ0v) is 18.1. The standard InChI is InChI=1S/C24H30N4O3/c1-24(2)12-14-27(17-24)19-7-9-20(10-8-19)28-13-3-6-21(22(28)29)26-23(30)25-18-5-4-15-31-16-11-18/h4-5,7-11,15-16,21H,3,6,12-14,17H2,1-2H3,(H2,25,26,30)/t21-/m1/s1. The predicted octanol–water partition coefficient (Wildman–Crippen LogP) is 3.66. The molecule has 4 rings (SSSR count). The first-order chi connectivity index (χ1) is 14.9. The largest absolute Gasteiger partial charge is 0.473 e. The minimum Gasteiger partial charge on any atom is -0.473 e. The summed E-state index contributed by atoms with van der Waals surface area (Å²) in [4.78, 5) is 29.6. The van der Waals surface area contributed by atoms with E-state index < -0.39 is 12.1 Å². The van der Waals surface area contributed by atoms with Gasteiger partial charge in [-0.2, -0.15) is 0 Å². The van der Waals surface area contributed by atoms with Crippen molar-refractivity contribution in [1.82, 2.24) is 10.6 Å². The lowest BCUT2D eigenvalue weighted by Crippen LogP contribution is -2.54. The Morgan fingerprint density at radius 1 is 1.13 bits per heavy atom. The van der Waals surface area contributed by atoms with Gasteiger partial charge in [-0.1, -0.05) is 13.8 Å². The molecule has 31 heavy (non-hydrogen) atoms. The Morgan fingerprint density at radius 2 is 1.90 bits per heavy atom. The molecule has 7 heteroatoms. The van der Waals surface area contributed by atoms with Gasteiger partial charge in [-0.05, 0) is 67.2 Å². The highest BCUT2D eigenvalue weighted by molar-refractivity contribution is 6.00. The van der Waals surface area contributed by atoms with Gasteiger partial charge in [-0.3, -0.25) is 4.79 Å². The number of ether oxygens (including phenoxy) is 1. The Labute approximate surface area is 183 Å². The van der Waals surface area contributed by atoms with Crippen LogP contribution in [-0.2, 0) is 9.53 Å². The number of carbonyl (C=O) groups excluding carboxylic acids is 2. The third-order valence-corrected chi connectivity index (χ3v) is 5.96. The summed E-state index contributed by atoms with van der Waals surface area (Å²) >= 11 is 0. The molecule has 0 unspecified atom stereocenters. The molecule has 1 aromatic carbocycles. The van der Waals surface area contributed by atoms with Crippen LogP contribution in [0.15, 0.2) is 60.7 Å². The van der Waals surface area contributed by atoms with Gasteiger partial charge in [-0.15, -0.1) is 0 Å². The number of hydrogen-bond acceptors (Lipinski definition) is 4. The summed E-state index contributed by atoms with van der Waals surface area (Å²) in [5.74, 6) is -0.0786. The van der Waals surface area contributed by atoms with Gasteiger partial charge in [0.25, 0.3) is 0 Å². The minimum atomic E-state index is -0.546. The number of piperidine rings is 1. The van der Waals surface area contributed by atoms with Gasteiger partial charge in [0.2, 0.25) is 5.91 Å². The molecule has 2 fully saturated rings. The van der Waals surface area contributed by atoms with E-state index in [1.807, 2.05) is 12.1 Å². The van der Waals surface area contributed by atoms with Crippen LogP contribution in [0.4, 0.5) is 16.2 Å². The van der Waals surface area contributed by atoms with Crippen LogP contribution in [0.2, 0.25) is 0 Å². The van der Waals surface area contributed by atoms with Crippen molar-refractivity contribution in [3.05, 3.63) is 60.7 Å². The minimum absolute atomic E-state index is 0.0786. The van der Waals surface area contributed by atoms with Crippen molar-refractivity contribution in [3.8, 4) is 0 Å². The number of benzene rings is 1. The van der Waals surface area contributed by atoms with E-state index in [0.29, 0.717) is 24.1 Å². The number of allylic oxidation sites excluding steroid dienone is 3. The summed E-state index contributed by atoms with van der Waals surface area (Å²) < 4.78 is 5.04. The molecule has 2 N–H and O–H groups in total. The van der Waals surface area contributed by atoms with E-state index in [0.717, 1.165) is 25.2 Å². The maximum absolute atomic E-state index is 13.0. The zero-order chi connectivity index (χ0) is 21.8. The molecule has 3 aliphatic heterocycles. The SMILES string of the molecule is CC1(C)CCN(c2ccc(N3CCC[C@@H](NC(=O)NC4=CC=COC=C4)C3=O)cc2)C1. The number of nitrogens with one attached hydrogen (secondary N) is 2. The summed E-state index contributed by atoms with van der Waals surface area (Å²) in [6.07, 6.45) is 10.7. The molecule has 1 aromatic rings. The second-order valence-electron chi connectivity index (χ2n) is 9.02. The van der Waals surface area contributed by atoms with E-state index in [-0.39, 0.29) is 5.91 Å². The van der Waals surface area contributed by atoms with Crippen LogP contribution >= 0.6 is 0 Å². The molecule has 7 nitrogen and oxygen atoms in total. The molecule has 0 saturated carbocycles. The smallest absolute Gasteiger partial charge is 0.319 e. The highest BCUT2D eigenvalue weighted by Gasteiger charge is 2.32. The first-order valence-electron chi connectivity index (χ1n) is 10.8. The lowest BCUT2D eigenvalue weighted by molar-refractivity contribution is -0.121. The normalized spacial score (nSPS) is 22.6. The summed E-state index contributed by atoms with van der Waals surface area (Å²) in [5, 5.41) is 5.56. The molecule has 0 aromatic heterocycles. The summed E-state index contributed by atoms with van der Waals surface area (Å²) in [6, 6.07) is 7.25. The third-order valence-electron chi connectivity index (χ3n) is 5.96. The molecule has 0 radical (unpaired) electrons. The molecule has 3 amide bonds. The average molecular weight is 423 g/mol. The first-order valence-corrected chi connectivity index (χ1v) is 10.8. The number of amides is 3. The van der Waals surface area contributed by atoms with Gasteiger partial charge in [0.15, 0.2) is 0 Å². The van der Waals surface area contributed by atoms with Crippen LogP contribution in [0.1, 0.15) is 33.1 Å². The molecule has 0 bridgehead atoms. The Hall–Kier alpha value is -3.22. The lowest BCUT2D eigenvalue weighted by atomic mass is 9.93. The molecule has 1 atom stereocenters. The van der Waals surface area contributed by atoms with Gasteiger partial charge in [0.05, 0.1) is 12.5 Å². The van der Waals surface area contributed by atoms with E-state index in [4.69, 9.17) is 4.74 Å². The second-order valence-corrected chi connectivity index (χ2v) is 9.02. The molecule has 3 aliphatic rings. The van der Waals surface area contributed by atoms with Crippen LogP contribution in [0.25, 0.3) is 0 Å². The topological polar surface area (TPSA) is 73.9 Å². The van der Waals surface area contributed by atoms with Gasteiger partial charge in [0, 0.05) is 36.7 Å². The fourth-order valence-corrected chi connectivity index (χ4v) is 4.25. The van der Waals surface area contributed by atoms with Crippen LogP contribution in [0.5, 0.6) is 0 Å². The fraction of sp³-hybridized carbons (Fsp3) is 0.417. The van der Waals surface area contributed by atoms with Crippen LogP contribution in [0.3, 0.4) is 0 Å². The highest BCUT2D eigenvalue weighted by atomic mass is 16.5. The number of urea groups is 1. The molecular weight excluding hydrogens is 392 g/mol. The summed E-state index contributed by atoms with van der Waals surface area (Å²) in [6.45, 7) is 7.35. The van der Waals surface area contributed by atoms with Crippen LogP contribution in [-0.4, -0.2) is 37.6 Å². The maximum atomic E-state index is 13.0. The first kappa shape index (κ1) is 21.0. The Morgan fingerprint density at radius 3 is 2.65 bits per heavy atom. The van der Waals surface area contributed by atoms with Gasteiger partial charge < -0.3 is 25.2 Å². The van der Waals surface area contributed by atoms with Crippen molar-refractivity contribution in [2.45, 2.75) is 39.2 Å². The Bertz CT molecular complexity index is 917. The maximum Gasteiger partial charge on any atom is 0.319 e. The Kier molecular flexibility index (Phi) is 6.02. The van der Waals surface area contributed by atoms with Crippen molar-refractivity contribution in [3.63, 3.8) is 0 Å². The molecule has 164 valence electrons. The lowest BCUT2D eigenvalue weighted by Gasteiger charge is -2.33. The van der Waals surface area contributed by atoms with Crippen LogP contribution in [0, 0.1) is 5.41 Å². The molecule has 0 aliphatic carbocycles. The van der Waals surface area contributed by atoms with Crippen LogP contribution < -0.4 is 20.4 Å². The van der Waals surface area contributed by atoms with E-state index >= 15 is 0 Å². The fourth-order valence-electron chi connectivity index (χ4n) is 4.25. The van der Waals surface area contributed by atoms with Crippen molar-refractivity contribution in [1.29, 1.82) is 0 Å². The summed E-state index contributed by atoms with van der Waals surface area (Å²) in [7, 11) is 0. The average Bonchev–Trinajstić information content (AvgIpc) is 2.94. The van der Waals surface area contributed by atoms with E-state index in [1.54, 1.807) is 23.1 Å². The second kappa shape index (κ2) is 8.88. The van der Waals surface area contributed by atoms with E-state index in [9.17, 15) is 9.59 Å². The van der Waals surface area contributed by atoms with Crippen molar-refractivity contribution >= 4 is 23.3 Å². The van der Waals surface area contributed by atoms with Gasteiger partial charge in [0.1, 0.15) is 6.04 Å². The van der Waals surface area contributed by atoms with E-state index in [1.165, 1.54) is 24.6 Å². The predicted molar refractivity (Wildman–Crippen MR) is 122 cm³/mol. The number of hydrogen-bond donors (Lipinski definition) is 2.